The van der Waals surface area contributed by atoms with E-state index in [0.717, 1.165) is 0 Å². The van der Waals surface area contributed by atoms with Crippen molar-refractivity contribution in [3.05, 3.63) is 11.6 Å². The van der Waals surface area contributed by atoms with Crippen LogP contribution in [0.3, 0.4) is 0 Å². The summed E-state index contributed by atoms with van der Waals surface area (Å²) in [6, 6.07) is 0.519. The maximum absolute atomic E-state index is 5.61. The Balaban J connectivity index is 1.85. The van der Waals surface area contributed by atoms with E-state index in [4.69, 9.17) is 11.6 Å². The number of nitrogens with zero attached hydrogens (tertiary/aromatic N) is 3. The van der Waals surface area contributed by atoms with Crippen LogP contribution in [-0.2, 0) is 0 Å². The van der Waals surface area contributed by atoms with E-state index < -0.39 is 0 Å². The quantitative estimate of drug-likeness (QED) is 0.743. The molecule has 1 aliphatic rings. The van der Waals surface area contributed by atoms with E-state index in [9.17, 15) is 0 Å². The fraction of sp³-hybridized carbons (Fsp3) is 0.625. The van der Waals surface area contributed by atoms with Crippen molar-refractivity contribution in [2.75, 3.05) is 5.43 Å². The highest BCUT2D eigenvalue weighted by molar-refractivity contribution is 6.28. The number of rotatable bonds is 3. The molecule has 14 heavy (non-hydrogen) atoms. The van der Waals surface area contributed by atoms with E-state index in [1.54, 1.807) is 0 Å². The van der Waals surface area contributed by atoms with Gasteiger partial charge >= 0.3 is 0 Å². The van der Waals surface area contributed by atoms with Gasteiger partial charge in [0.25, 0.3) is 0 Å². The zero-order valence-corrected chi connectivity index (χ0v) is 8.46. The Kier molecular flexibility index (Phi) is 3.10. The number of hydrazine groups is 1. The molecule has 2 rings (SSSR count). The molecule has 0 aliphatic heterocycles. The first-order valence-corrected chi connectivity index (χ1v) is 5.08. The second kappa shape index (κ2) is 4.52. The highest BCUT2D eigenvalue weighted by Gasteiger charge is 2.14. The zero-order valence-electron chi connectivity index (χ0n) is 7.70. The van der Waals surface area contributed by atoms with Crippen LogP contribution in [0.25, 0.3) is 0 Å². The first-order chi connectivity index (χ1) is 6.84. The van der Waals surface area contributed by atoms with Crippen molar-refractivity contribution in [3.63, 3.8) is 0 Å². The van der Waals surface area contributed by atoms with Crippen LogP contribution >= 0.6 is 11.6 Å². The predicted molar refractivity (Wildman–Crippen MR) is 53.9 cm³/mol. The highest BCUT2D eigenvalue weighted by atomic mass is 35.5. The second-order valence-electron chi connectivity index (χ2n) is 3.33. The summed E-state index contributed by atoms with van der Waals surface area (Å²) in [7, 11) is 0. The summed E-state index contributed by atoms with van der Waals surface area (Å²) in [5.74, 6) is 0.469. The van der Waals surface area contributed by atoms with Gasteiger partial charge in [-0.15, -0.1) is 0 Å². The first-order valence-electron chi connectivity index (χ1n) is 4.70. The van der Waals surface area contributed by atoms with Gasteiger partial charge in [0.1, 0.15) is 6.33 Å². The van der Waals surface area contributed by atoms with Crippen molar-refractivity contribution < 1.29 is 0 Å². The lowest BCUT2D eigenvalue weighted by Crippen LogP contribution is -2.32. The second-order valence-corrected chi connectivity index (χ2v) is 3.67. The molecular weight excluding hydrogens is 202 g/mol. The Morgan fingerprint density at radius 2 is 2.07 bits per heavy atom. The van der Waals surface area contributed by atoms with Crippen molar-refractivity contribution in [1.29, 1.82) is 0 Å². The molecule has 0 amide bonds. The SMILES string of the molecule is Clc1ncnc(NNC2CCCC2)n1. The highest BCUT2D eigenvalue weighted by Crippen LogP contribution is 2.17. The number of hydrogen-bond donors (Lipinski definition) is 2. The van der Waals surface area contributed by atoms with E-state index >= 15 is 0 Å². The van der Waals surface area contributed by atoms with Crippen molar-refractivity contribution >= 4 is 17.5 Å². The summed E-state index contributed by atoms with van der Waals surface area (Å²) < 4.78 is 0. The van der Waals surface area contributed by atoms with Crippen LogP contribution in [0.15, 0.2) is 6.33 Å². The fourth-order valence-corrected chi connectivity index (χ4v) is 1.70. The van der Waals surface area contributed by atoms with Gasteiger partial charge in [-0.05, 0) is 24.4 Å². The summed E-state index contributed by atoms with van der Waals surface area (Å²) in [5.41, 5.74) is 6.09. The number of anilines is 1. The summed E-state index contributed by atoms with van der Waals surface area (Å²) in [5, 5.41) is 0.204. The Bertz CT molecular complexity index is 300. The van der Waals surface area contributed by atoms with E-state index in [0.29, 0.717) is 12.0 Å². The summed E-state index contributed by atoms with van der Waals surface area (Å²) in [6.07, 6.45) is 6.36. The third-order valence-corrected chi connectivity index (χ3v) is 2.47. The van der Waals surface area contributed by atoms with Gasteiger partial charge in [-0.2, -0.15) is 4.98 Å². The van der Waals surface area contributed by atoms with Crippen molar-refractivity contribution in [2.24, 2.45) is 0 Å². The maximum Gasteiger partial charge on any atom is 0.241 e. The van der Waals surface area contributed by atoms with E-state index in [2.05, 4.69) is 25.8 Å². The van der Waals surface area contributed by atoms with Crippen molar-refractivity contribution in [1.82, 2.24) is 20.4 Å². The summed E-state index contributed by atoms with van der Waals surface area (Å²) in [4.78, 5) is 11.5. The standard InChI is InChI=1S/C8H12ClN5/c9-7-10-5-11-8(12-7)14-13-6-3-1-2-4-6/h5-6,13H,1-4H2,(H,10,11,12,14). The van der Waals surface area contributed by atoms with Gasteiger partial charge in [-0.3, -0.25) is 5.43 Å². The number of hydrogen-bond acceptors (Lipinski definition) is 5. The van der Waals surface area contributed by atoms with Crippen LogP contribution in [-0.4, -0.2) is 21.0 Å². The van der Waals surface area contributed by atoms with Gasteiger partial charge in [-0.25, -0.2) is 15.4 Å². The largest absolute Gasteiger partial charge is 0.289 e. The molecular formula is C8H12ClN5. The number of halogens is 1. The molecule has 0 atom stereocenters. The van der Waals surface area contributed by atoms with Crippen LogP contribution in [0.1, 0.15) is 25.7 Å². The molecule has 1 aromatic heterocycles. The third-order valence-electron chi connectivity index (χ3n) is 2.29. The molecule has 0 bridgehead atoms. The molecule has 2 N–H and O–H groups in total. The monoisotopic (exact) mass is 213 g/mol. The Labute approximate surface area is 87.3 Å². The van der Waals surface area contributed by atoms with Gasteiger partial charge in [0, 0.05) is 6.04 Å². The fourth-order valence-electron chi connectivity index (χ4n) is 1.57. The van der Waals surface area contributed by atoms with E-state index in [-0.39, 0.29) is 5.28 Å². The minimum absolute atomic E-state index is 0.204. The van der Waals surface area contributed by atoms with Crippen LogP contribution < -0.4 is 10.9 Å². The Morgan fingerprint density at radius 1 is 1.29 bits per heavy atom. The lowest BCUT2D eigenvalue weighted by Gasteiger charge is -2.12. The van der Waals surface area contributed by atoms with Gasteiger partial charge in [-0.1, -0.05) is 12.8 Å². The molecule has 1 aliphatic carbocycles. The molecule has 6 heteroatoms. The third kappa shape index (κ3) is 2.52. The number of nitrogens with one attached hydrogen (secondary N) is 2. The van der Waals surface area contributed by atoms with Crippen LogP contribution in [0, 0.1) is 0 Å². The molecule has 0 radical (unpaired) electrons. The lowest BCUT2D eigenvalue weighted by atomic mass is 10.3. The summed E-state index contributed by atoms with van der Waals surface area (Å²) in [6.45, 7) is 0. The minimum atomic E-state index is 0.204. The van der Waals surface area contributed by atoms with E-state index in [1.165, 1.54) is 32.0 Å². The minimum Gasteiger partial charge on any atom is -0.289 e. The molecule has 1 saturated carbocycles. The van der Waals surface area contributed by atoms with Gasteiger partial charge in [0.2, 0.25) is 11.2 Å². The molecule has 0 aromatic carbocycles. The van der Waals surface area contributed by atoms with Crippen LogP contribution in [0.2, 0.25) is 5.28 Å². The van der Waals surface area contributed by atoms with E-state index in [1.807, 2.05) is 0 Å². The average Bonchev–Trinajstić information content (AvgIpc) is 2.67. The van der Waals surface area contributed by atoms with Crippen molar-refractivity contribution in [2.45, 2.75) is 31.7 Å². The molecule has 5 nitrogen and oxygen atoms in total. The van der Waals surface area contributed by atoms with Gasteiger partial charge in [0.15, 0.2) is 0 Å². The van der Waals surface area contributed by atoms with Crippen LogP contribution in [0.5, 0.6) is 0 Å². The smallest absolute Gasteiger partial charge is 0.241 e. The van der Waals surface area contributed by atoms with Crippen molar-refractivity contribution in [3.8, 4) is 0 Å². The van der Waals surface area contributed by atoms with Crippen LogP contribution in [0.4, 0.5) is 5.95 Å². The maximum atomic E-state index is 5.61. The van der Waals surface area contributed by atoms with Gasteiger partial charge < -0.3 is 0 Å². The topological polar surface area (TPSA) is 62.7 Å². The lowest BCUT2D eigenvalue weighted by molar-refractivity contribution is 0.572. The molecule has 0 unspecified atom stereocenters. The molecule has 1 fully saturated rings. The zero-order chi connectivity index (χ0) is 9.80. The Morgan fingerprint density at radius 3 is 2.79 bits per heavy atom. The first kappa shape index (κ1) is 9.61. The molecule has 1 aromatic rings. The molecule has 0 saturated heterocycles. The number of aromatic nitrogens is 3. The summed E-state index contributed by atoms with van der Waals surface area (Å²) >= 11 is 5.61. The molecule has 1 heterocycles. The van der Waals surface area contributed by atoms with Gasteiger partial charge in [0.05, 0.1) is 0 Å². The average molecular weight is 214 g/mol. The normalized spacial score (nSPS) is 17.2. The molecule has 0 spiro atoms. The molecule has 76 valence electrons. The Hall–Kier alpha value is -0.940. The predicted octanol–water partition coefficient (Wildman–Crippen LogP) is 1.38.